The number of hydrogen-bond acceptors (Lipinski definition) is 2. The first-order valence-electron chi connectivity index (χ1n) is 17.3. The number of aromatic nitrogens is 1. The largest absolute Gasteiger partial charge is 0.310 e. The van der Waals surface area contributed by atoms with Crippen molar-refractivity contribution in [2.45, 2.75) is 0 Å². The van der Waals surface area contributed by atoms with Crippen LogP contribution in [0.1, 0.15) is 0 Å². The number of nitrogens with zero attached hydrogens (tertiary/aromatic N) is 2. The van der Waals surface area contributed by atoms with Crippen molar-refractivity contribution in [3.8, 4) is 27.9 Å². The van der Waals surface area contributed by atoms with Gasteiger partial charge in [0, 0.05) is 53.7 Å². The maximum Gasteiger partial charge on any atom is 0.0541 e. The molecule has 0 bridgehead atoms. The number of para-hydroxylation sites is 3. The Kier molecular flexibility index (Phi) is 7.04. The van der Waals surface area contributed by atoms with Gasteiger partial charge in [-0.05, 0) is 95.1 Å². The monoisotopic (exact) mass is 668 g/mol. The Labute approximate surface area is 300 Å². The summed E-state index contributed by atoms with van der Waals surface area (Å²) in [6.45, 7) is 0. The molecule has 8 aromatic carbocycles. The third-order valence-corrected chi connectivity index (χ3v) is 11.2. The molecule has 2 aromatic heterocycles. The third-order valence-electron chi connectivity index (χ3n) is 10.0. The molecule has 10 aromatic rings. The molecular weight excluding hydrogens is 637 g/mol. The van der Waals surface area contributed by atoms with E-state index in [1.807, 2.05) is 11.3 Å². The van der Waals surface area contributed by atoms with Crippen LogP contribution in [0.5, 0.6) is 0 Å². The molecule has 0 radical (unpaired) electrons. The molecule has 10 rings (SSSR count). The minimum atomic E-state index is 1.13. The Bertz CT molecular complexity index is 2770. The van der Waals surface area contributed by atoms with Gasteiger partial charge in [0.05, 0.1) is 11.0 Å². The van der Waals surface area contributed by atoms with Crippen LogP contribution in [0.4, 0.5) is 17.1 Å². The zero-order chi connectivity index (χ0) is 33.7. The number of fused-ring (bicyclic) bond motifs is 6. The molecule has 0 atom stereocenters. The molecule has 0 saturated carbocycles. The van der Waals surface area contributed by atoms with Crippen LogP contribution in [0, 0.1) is 0 Å². The lowest BCUT2D eigenvalue weighted by molar-refractivity contribution is 1.18. The fourth-order valence-electron chi connectivity index (χ4n) is 7.54. The van der Waals surface area contributed by atoms with E-state index in [1.54, 1.807) is 0 Å². The maximum absolute atomic E-state index is 2.36. The average Bonchev–Trinajstić information content (AvgIpc) is 3.75. The van der Waals surface area contributed by atoms with Gasteiger partial charge in [0.1, 0.15) is 0 Å². The summed E-state index contributed by atoms with van der Waals surface area (Å²) < 4.78 is 5.00. The molecule has 51 heavy (non-hydrogen) atoms. The van der Waals surface area contributed by atoms with Crippen LogP contribution < -0.4 is 4.90 Å². The van der Waals surface area contributed by atoms with Crippen molar-refractivity contribution < 1.29 is 0 Å². The number of thiophene rings is 1. The normalized spacial score (nSPS) is 11.5. The third kappa shape index (κ3) is 5.10. The predicted molar refractivity (Wildman–Crippen MR) is 219 cm³/mol. The van der Waals surface area contributed by atoms with Crippen LogP contribution in [0.2, 0.25) is 0 Å². The van der Waals surface area contributed by atoms with Gasteiger partial charge in [0.25, 0.3) is 0 Å². The van der Waals surface area contributed by atoms with Gasteiger partial charge in [0.2, 0.25) is 0 Å². The highest BCUT2D eigenvalue weighted by Crippen LogP contribution is 2.41. The molecule has 0 saturated heterocycles. The zero-order valence-electron chi connectivity index (χ0n) is 27.8. The second kappa shape index (κ2) is 12.2. The van der Waals surface area contributed by atoms with Crippen molar-refractivity contribution in [3.63, 3.8) is 0 Å². The minimum Gasteiger partial charge on any atom is -0.310 e. The second-order valence-corrected chi connectivity index (χ2v) is 14.1. The summed E-state index contributed by atoms with van der Waals surface area (Å²) >= 11 is 1.85. The van der Waals surface area contributed by atoms with E-state index in [9.17, 15) is 0 Å². The topological polar surface area (TPSA) is 8.17 Å². The lowest BCUT2D eigenvalue weighted by Crippen LogP contribution is -2.09. The summed E-state index contributed by atoms with van der Waals surface area (Å²) in [6, 6.07) is 70.3. The quantitative estimate of drug-likeness (QED) is 0.171. The summed E-state index contributed by atoms with van der Waals surface area (Å²) in [4.78, 5) is 2.35. The van der Waals surface area contributed by atoms with Crippen molar-refractivity contribution in [2.75, 3.05) is 4.90 Å². The summed E-state index contributed by atoms with van der Waals surface area (Å²) in [6.07, 6.45) is 0. The number of rotatable bonds is 6. The molecular formula is C48H32N2S. The van der Waals surface area contributed by atoms with Gasteiger partial charge in [-0.15, -0.1) is 11.3 Å². The van der Waals surface area contributed by atoms with Crippen LogP contribution in [0.25, 0.3) is 69.9 Å². The number of hydrogen-bond donors (Lipinski definition) is 0. The second-order valence-electron chi connectivity index (χ2n) is 13.0. The Balaban J connectivity index is 0.944. The van der Waals surface area contributed by atoms with Crippen LogP contribution in [-0.4, -0.2) is 4.57 Å². The molecule has 0 fully saturated rings. The predicted octanol–water partition coefficient (Wildman–Crippen LogP) is 14.0. The van der Waals surface area contributed by atoms with Gasteiger partial charge in [-0.2, -0.15) is 0 Å². The van der Waals surface area contributed by atoms with Crippen molar-refractivity contribution in [2.24, 2.45) is 0 Å². The Hall–Kier alpha value is -6.42. The standard InChI is InChI=1S/C48H32N2S/c1-2-10-37(11-3-1)49(40-30-31-48-44(32-40)43-14-6-9-17-47(43)51-48)38-26-22-35(23-27-38)33-18-20-34(21-19-33)36-24-28-39(29-25-36)50-45-15-7-4-12-41(45)42-13-5-8-16-46(42)50/h1-32H. The molecule has 0 aliphatic rings. The fraction of sp³-hybridized carbons (Fsp3) is 0. The molecule has 0 N–H and O–H groups in total. The van der Waals surface area contributed by atoms with Gasteiger partial charge >= 0.3 is 0 Å². The molecule has 0 aliphatic carbocycles. The van der Waals surface area contributed by atoms with E-state index >= 15 is 0 Å². The highest BCUT2D eigenvalue weighted by atomic mass is 32.1. The lowest BCUT2D eigenvalue weighted by atomic mass is 10.00. The summed E-state index contributed by atoms with van der Waals surface area (Å²) in [5, 5.41) is 5.17. The zero-order valence-corrected chi connectivity index (χ0v) is 28.6. The molecule has 240 valence electrons. The van der Waals surface area contributed by atoms with E-state index in [0.717, 1.165) is 17.1 Å². The first-order valence-corrected chi connectivity index (χ1v) is 18.2. The molecule has 0 unspecified atom stereocenters. The van der Waals surface area contributed by atoms with Crippen LogP contribution in [-0.2, 0) is 0 Å². The summed E-state index contributed by atoms with van der Waals surface area (Å²) in [7, 11) is 0. The van der Waals surface area contributed by atoms with Gasteiger partial charge in [0.15, 0.2) is 0 Å². The molecule has 2 nitrogen and oxygen atoms in total. The lowest BCUT2D eigenvalue weighted by Gasteiger charge is -2.26. The highest BCUT2D eigenvalue weighted by Gasteiger charge is 2.15. The average molecular weight is 669 g/mol. The van der Waals surface area contributed by atoms with E-state index in [2.05, 4.69) is 204 Å². The minimum absolute atomic E-state index is 1.13. The van der Waals surface area contributed by atoms with Crippen molar-refractivity contribution in [3.05, 3.63) is 194 Å². The summed E-state index contributed by atoms with van der Waals surface area (Å²) in [5.74, 6) is 0. The smallest absolute Gasteiger partial charge is 0.0541 e. The SMILES string of the molecule is c1ccc(N(c2ccc(-c3ccc(-c4ccc(-n5c6ccccc6c6ccccc65)cc4)cc3)cc2)c2ccc3sc4ccccc4c3c2)cc1. The van der Waals surface area contributed by atoms with Gasteiger partial charge in [-0.25, -0.2) is 0 Å². The van der Waals surface area contributed by atoms with E-state index < -0.39 is 0 Å². The highest BCUT2D eigenvalue weighted by molar-refractivity contribution is 7.25. The number of anilines is 3. The Morgan fingerprint density at radius 3 is 1.41 bits per heavy atom. The molecule has 2 heterocycles. The first-order chi connectivity index (χ1) is 25.3. The summed E-state index contributed by atoms with van der Waals surface area (Å²) in [5.41, 5.74) is 11.8. The van der Waals surface area contributed by atoms with Crippen LogP contribution in [0.15, 0.2) is 194 Å². The van der Waals surface area contributed by atoms with E-state index in [0.29, 0.717) is 0 Å². The molecule has 0 aliphatic heterocycles. The van der Waals surface area contributed by atoms with Crippen LogP contribution in [0.3, 0.4) is 0 Å². The fourth-order valence-corrected chi connectivity index (χ4v) is 8.63. The van der Waals surface area contributed by atoms with Crippen LogP contribution >= 0.6 is 11.3 Å². The van der Waals surface area contributed by atoms with Gasteiger partial charge in [-0.3, -0.25) is 0 Å². The number of benzene rings is 8. The van der Waals surface area contributed by atoms with E-state index in [1.165, 1.54) is 69.9 Å². The van der Waals surface area contributed by atoms with Crippen molar-refractivity contribution in [1.82, 2.24) is 4.57 Å². The molecule has 3 heteroatoms. The molecule has 0 spiro atoms. The Morgan fingerprint density at radius 2 is 0.784 bits per heavy atom. The van der Waals surface area contributed by atoms with Crippen molar-refractivity contribution in [1.29, 1.82) is 0 Å². The van der Waals surface area contributed by atoms with Gasteiger partial charge < -0.3 is 9.47 Å². The van der Waals surface area contributed by atoms with Gasteiger partial charge in [-0.1, -0.05) is 121 Å². The Morgan fingerprint density at radius 1 is 0.333 bits per heavy atom. The first kappa shape index (κ1) is 29.5. The van der Waals surface area contributed by atoms with E-state index in [-0.39, 0.29) is 0 Å². The van der Waals surface area contributed by atoms with E-state index in [4.69, 9.17) is 0 Å². The maximum atomic E-state index is 2.36. The molecule has 0 amide bonds. The van der Waals surface area contributed by atoms with Crippen molar-refractivity contribution >= 4 is 70.4 Å².